The second-order valence-corrected chi connectivity index (χ2v) is 7.85. The summed E-state index contributed by atoms with van der Waals surface area (Å²) in [5.41, 5.74) is 1.23. The number of benzene rings is 1. The highest BCUT2D eigenvalue weighted by atomic mass is 127. The molecule has 0 bridgehead atoms. The van der Waals surface area contributed by atoms with Crippen LogP contribution in [0.3, 0.4) is 0 Å². The highest BCUT2D eigenvalue weighted by Crippen LogP contribution is 2.43. The standard InChI is InChI=1S/C18H24FI/c19-17-12-16(10-11-18(17)20)15-8-6-14(7-9-15)13-4-2-1-3-5-13/h10-15H,1-9H2. The number of hydrogen-bond donors (Lipinski definition) is 0. The van der Waals surface area contributed by atoms with Gasteiger partial charge in [-0.05, 0) is 83.7 Å². The van der Waals surface area contributed by atoms with Crippen LogP contribution in [0.5, 0.6) is 0 Å². The van der Waals surface area contributed by atoms with Crippen molar-refractivity contribution in [2.24, 2.45) is 11.8 Å². The lowest BCUT2D eigenvalue weighted by Crippen LogP contribution is -2.23. The molecule has 0 amide bonds. The first-order valence-electron chi connectivity index (χ1n) is 8.19. The number of rotatable bonds is 2. The van der Waals surface area contributed by atoms with Crippen LogP contribution in [0, 0.1) is 21.2 Å². The van der Waals surface area contributed by atoms with Crippen LogP contribution in [0.15, 0.2) is 18.2 Å². The summed E-state index contributed by atoms with van der Waals surface area (Å²) < 4.78 is 14.4. The molecule has 0 aromatic heterocycles. The van der Waals surface area contributed by atoms with Gasteiger partial charge in [-0.15, -0.1) is 0 Å². The van der Waals surface area contributed by atoms with E-state index in [0.29, 0.717) is 5.92 Å². The van der Waals surface area contributed by atoms with E-state index in [9.17, 15) is 4.39 Å². The van der Waals surface area contributed by atoms with Crippen molar-refractivity contribution in [1.29, 1.82) is 0 Å². The molecule has 0 atom stereocenters. The van der Waals surface area contributed by atoms with Crippen LogP contribution < -0.4 is 0 Å². The van der Waals surface area contributed by atoms with Gasteiger partial charge in [0.1, 0.15) is 5.82 Å². The fraction of sp³-hybridized carbons (Fsp3) is 0.667. The molecule has 0 spiro atoms. The largest absolute Gasteiger partial charge is 0.206 e. The van der Waals surface area contributed by atoms with E-state index in [-0.39, 0.29) is 5.82 Å². The predicted octanol–water partition coefficient (Wildman–Crippen LogP) is 6.28. The van der Waals surface area contributed by atoms with Crippen molar-refractivity contribution in [3.63, 3.8) is 0 Å². The molecule has 20 heavy (non-hydrogen) atoms. The molecule has 1 aromatic carbocycles. The summed E-state index contributed by atoms with van der Waals surface area (Å²) in [5, 5.41) is 0. The smallest absolute Gasteiger partial charge is 0.136 e. The molecule has 2 aliphatic rings. The summed E-state index contributed by atoms with van der Waals surface area (Å²) in [6, 6.07) is 5.84. The van der Waals surface area contributed by atoms with Gasteiger partial charge in [-0.25, -0.2) is 4.39 Å². The van der Waals surface area contributed by atoms with Crippen LogP contribution in [-0.4, -0.2) is 0 Å². The fourth-order valence-corrected chi connectivity index (χ4v) is 4.63. The van der Waals surface area contributed by atoms with E-state index >= 15 is 0 Å². The molecule has 2 saturated carbocycles. The van der Waals surface area contributed by atoms with Crippen LogP contribution in [0.1, 0.15) is 69.3 Å². The lowest BCUT2D eigenvalue weighted by atomic mass is 9.70. The average Bonchev–Trinajstić information content (AvgIpc) is 2.51. The van der Waals surface area contributed by atoms with Gasteiger partial charge < -0.3 is 0 Å². The molecule has 1 aromatic rings. The summed E-state index contributed by atoms with van der Waals surface area (Å²) in [6.45, 7) is 0. The first-order valence-corrected chi connectivity index (χ1v) is 9.27. The second-order valence-electron chi connectivity index (χ2n) is 6.68. The zero-order chi connectivity index (χ0) is 13.9. The maximum atomic E-state index is 13.7. The number of halogens is 2. The number of hydrogen-bond acceptors (Lipinski definition) is 0. The SMILES string of the molecule is Fc1cc(C2CCC(C3CCCCC3)CC2)ccc1I. The Balaban J connectivity index is 1.58. The van der Waals surface area contributed by atoms with E-state index in [0.717, 1.165) is 15.4 Å². The Bertz CT molecular complexity index is 443. The third kappa shape index (κ3) is 3.37. The minimum atomic E-state index is -0.0440. The Morgan fingerprint density at radius 1 is 0.850 bits per heavy atom. The van der Waals surface area contributed by atoms with Gasteiger partial charge in [-0.2, -0.15) is 0 Å². The van der Waals surface area contributed by atoms with Crippen molar-refractivity contribution < 1.29 is 4.39 Å². The molecule has 0 nitrogen and oxygen atoms in total. The molecule has 110 valence electrons. The summed E-state index contributed by atoms with van der Waals surface area (Å²) in [7, 11) is 0. The van der Waals surface area contributed by atoms with Gasteiger partial charge >= 0.3 is 0 Å². The molecular weight excluding hydrogens is 362 g/mol. The Hall–Kier alpha value is -0.120. The first-order chi connectivity index (χ1) is 9.74. The molecule has 2 fully saturated rings. The Kier molecular flexibility index (Phi) is 5.00. The van der Waals surface area contributed by atoms with Crippen molar-refractivity contribution >= 4 is 22.6 Å². The van der Waals surface area contributed by atoms with Gasteiger partial charge in [0.25, 0.3) is 0 Å². The second kappa shape index (κ2) is 6.76. The maximum absolute atomic E-state index is 13.7. The van der Waals surface area contributed by atoms with Crippen molar-refractivity contribution in [3.8, 4) is 0 Å². The molecule has 0 saturated heterocycles. The molecule has 0 unspecified atom stereocenters. The van der Waals surface area contributed by atoms with Crippen molar-refractivity contribution in [3.05, 3.63) is 33.1 Å². The van der Waals surface area contributed by atoms with E-state index in [2.05, 4.69) is 28.7 Å². The molecule has 0 aliphatic heterocycles. The van der Waals surface area contributed by atoms with Crippen LogP contribution in [0.25, 0.3) is 0 Å². The monoisotopic (exact) mass is 386 g/mol. The van der Waals surface area contributed by atoms with E-state index < -0.39 is 0 Å². The van der Waals surface area contributed by atoms with Crippen LogP contribution in [0.4, 0.5) is 4.39 Å². The third-order valence-electron chi connectivity index (χ3n) is 5.50. The summed E-state index contributed by atoms with van der Waals surface area (Å²) in [6.07, 6.45) is 12.5. The Morgan fingerprint density at radius 2 is 1.50 bits per heavy atom. The van der Waals surface area contributed by atoms with E-state index in [1.165, 1.54) is 63.4 Å². The molecule has 0 N–H and O–H groups in total. The maximum Gasteiger partial charge on any atom is 0.136 e. The Labute approximate surface area is 135 Å². The molecule has 2 aliphatic carbocycles. The average molecular weight is 386 g/mol. The van der Waals surface area contributed by atoms with Crippen molar-refractivity contribution in [2.75, 3.05) is 0 Å². The summed E-state index contributed by atoms with van der Waals surface area (Å²) >= 11 is 2.07. The zero-order valence-electron chi connectivity index (χ0n) is 12.1. The Morgan fingerprint density at radius 3 is 2.15 bits per heavy atom. The summed E-state index contributed by atoms with van der Waals surface area (Å²) in [4.78, 5) is 0. The normalized spacial score (nSPS) is 28.5. The highest BCUT2D eigenvalue weighted by Gasteiger charge is 2.29. The van der Waals surface area contributed by atoms with Gasteiger partial charge in [0, 0.05) is 3.57 Å². The first kappa shape index (κ1) is 14.8. The van der Waals surface area contributed by atoms with Crippen molar-refractivity contribution in [1.82, 2.24) is 0 Å². The minimum Gasteiger partial charge on any atom is -0.206 e. The van der Waals surface area contributed by atoms with Crippen LogP contribution in [0.2, 0.25) is 0 Å². The fourth-order valence-electron chi connectivity index (χ4n) is 4.30. The molecular formula is C18H24FI. The minimum absolute atomic E-state index is 0.0440. The van der Waals surface area contributed by atoms with Gasteiger partial charge in [0.05, 0.1) is 0 Å². The van der Waals surface area contributed by atoms with Gasteiger partial charge in [0.2, 0.25) is 0 Å². The topological polar surface area (TPSA) is 0 Å². The lowest BCUT2D eigenvalue weighted by Gasteiger charge is -2.36. The molecule has 0 heterocycles. The molecule has 2 heteroatoms. The zero-order valence-corrected chi connectivity index (χ0v) is 14.2. The third-order valence-corrected chi connectivity index (χ3v) is 6.38. The quantitative estimate of drug-likeness (QED) is 0.525. The van der Waals surface area contributed by atoms with E-state index in [4.69, 9.17) is 0 Å². The molecule has 3 rings (SSSR count). The van der Waals surface area contributed by atoms with Gasteiger partial charge in [-0.3, -0.25) is 0 Å². The van der Waals surface area contributed by atoms with Crippen LogP contribution >= 0.6 is 22.6 Å². The molecule has 0 radical (unpaired) electrons. The van der Waals surface area contributed by atoms with E-state index in [1.807, 2.05) is 6.07 Å². The van der Waals surface area contributed by atoms with Crippen molar-refractivity contribution in [2.45, 2.75) is 63.7 Å². The van der Waals surface area contributed by atoms with Gasteiger partial charge in [0.15, 0.2) is 0 Å². The van der Waals surface area contributed by atoms with Crippen LogP contribution in [-0.2, 0) is 0 Å². The predicted molar refractivity (Wildman–Crippen MR) is 90.4 cm³/mol. The van der Waals surface area contributed by atoms with E-state index in [1.54, 1.807) is 6.07 Å². The van der Waals surface area contributed by atoms with Gasteiger partial charge in [-0.1, -0.05) is 38.2 Å². The highest BCUT2D eigenvalue weighted by molar-refractivity contribution is 14.1. The lowest BCUT2D eigenvalue weighted by molar-refractivity contribution is 0.186. The summed E-state index contributed by atoms with van der Waals surface area (Å²) in [5.74, 6) is 2.51.